The molecule has 3 aliphatic rings. The van der Waals surface area contributed by atoms with Crippen molar-refractivity contribution in [3.8, 4) is 22.9 Å². The number of hydrogen-bond acceptors (Lipinski definition) is 6. The Balaban J connectivity index is 1.62. The van der Waals surface area contributed by atoms with Crippen LogP contribution in [0.25, 0.3) is 11.1 Å². The number of methoxy groups -OCH3 is 2. The van der Waals surface area contributed by atoms with Gasteiger partial charge in [-0.2, -0.15) is 5.26 Å². The molecular weight excluding hydrogens is 402 g/mol. The number of fused-ring (bicyclic) bond motifs is 3. The first kappa shape index (κ1) is 20.8. The van der Waals surface area contributed by atoms with Crippen LogP contribution in [0, 0.1) is 22.7 Å². The van der Waals surface area contributed by atoms with Crippen LogP contribution in [-0.2, 0) is 21.4 Å². The highest BCUT2D eigenvalue weighted by Crippen LogP contribution is 2.62. The molecule has 1 heterocycles. The van der Waals surface area contributed by atoms with Gasteiger partial charge in [-0.1, -0.05) is 19.1 Å². The largest absolute Gasteiger partial charge is 0.497 e. The van der Waals surface area contributed by atoms with E-state index < -0.39 is 5.54 Å². The molecule has 2 aliphatic carbocycles. The summed E-state index contributed by atoms with van der Waals surface area (Å²) >= 11 is 0. The molecule has 0 radical (unpaired) electrons. The van der Waals surface area contributed by atoms with E-state index in [1.165, 1.54) is 11.1 Å². The van der Waals surface area contributed by atoms with E-state index in [0.29, 0.717) is 23.8 Å². The molecule has 0 saturated heterocycles. The number of hydrogen-bond donors (Lipinski definition) is 1. The third-order valence-corrected chi connectivity index (χ3v) is 7.85. The summed E-state index contributed by atoms with van der Waals surface area (Å²) in [6.07, 6.45) is 4.30. The van der Waals surface area contributed by atoms with Crippen LogP contribution in [0.3, 0.4) is 0 Å². The van der Waals surface area contributed by atoms with Crippen molar-refractivity contribution in [3.63, 3.8) is 0 Å². The lowest BCUT2D eigenvalue weighted by Gasteiger charge is -2.47. The van der Waals surface area contributed by atoms with E-state index in [2.05, 4.69) is 31.2 Å². The van der Waals surface area contributed by atoms with E-state index >= 15 is 0 Å². The molecule has 166 valence electrons. The van der Waals surface area contributed by atoms with Crippen LogP contribution >= 0.6 is 0 Å². The van der Waals surface area contributed by atoms with E-state index in [-0.39, 0.29) is 17.5 Å². The minimum atomic E-state index is -0.480. The summed E-state index contributed by atoms with van der Waals surface area (Å²) in [5.74, 6) is 1.11. The lowest BCUT2D eigenvalue weighted by Crippen LogP contribution is -2.48. The Hall–Kier alpha value is -3.04. The molecule has 0 aromatic heterocycles. The number of amidine groups is 1. The first-order valence-electron chi connectivity index (χ1n) is 11.2. The van der Waals surface area contributed by atoms with Gasteiger partial charge < -0.3 is 19.9 Å². The maximum atomic E-state index is 9.45. The van der Waals surface area contributed by atoms with Gasteiger partial charge in [0.05, 0.1) is 24.8 Å². The van der Waals surface area contributed by atoms with Crippen molar-refractivity contribution in [2.45, 2.75) is 44.2 Å². The van der Waals surface area contributed by atoms with Gasteiger partial charge in [0.2, 0.25) is 0 Å². The molecule has 6 heteroatoms. The minimum Gasteiger partial charge on any atom is -0.497 e. The molecule has 2 aromatic rings. The second-order valence-corrected chi connectivity index (χ2v) is 9.48. The molecular formula is C26H29N3O3. The van der Waals surface area contributed by atoms with Crippen molar-refractivity contribution >= 4 is 6.02 Å². The zero-order valence-corrected chi connectivity index (χ0v) is 18.9. The Morgan fingerprint density at radius 1 is 1.19 bits per heavy atom. The lowest BCUT2D eigenvalue weighted by atomic mass is 9.59. The average Bonchev–Trinajstić information content (AvgIpc) is 3.32. The van der Waals surface area contributed by atoms with Gasteiger partial charge in [-0.25, -0.2) is 4.99 Å². The fourth-order valence-electron chi connectivity index (χ4n) is 6.32. The van der Waals surface area contributed by atoms with Crippen LogP contribution in [0.2, 0.25) is 0 Å². The zero-order valence-electron chi connectivity index (χ0n) is 18.9. The molecule has 2 aromatic carbocycles. The number of rotatable bonds is 3. The predicted octanol–water partition coefficient (Wildman–Crippen LogP) is 4.15. The number of nitriles is 1. The summed E-state index contributed by atoms with van der Waals surface area (Å²) < 4.78 is 17.0. The molecule has 2 N–H and O–H groups in total. The Morgan fingerprint density at radius 2 is 2.03 bits per heavy atom. The van der Waals surface area contributed by atoms with E-state index in [1.54, 1.807) is 13.2 Å². The van der Waals surface area contributed by atoms with Crippen molar-refractivity contribution in [2.24, 2.45) is 22.1 Å². The SMILES string of the molecule is COc1cc(C#N)cc(-c2ccc3c(c2)[C@@]2(COC(N)=N2)[C@]2(CC[C@H](OC)[C@@H](C)C2)C3)c1. The van der Waals surface area contributed by atoms with Crippen molar-refractivity contribution < 1.29 is 14.2 Å². The van der Waals surface area contributed by atoms with E-state index in [4.69, 9.17) is 24.9 Å². The number of ether oxygens (including phenoxy) is 3. The van der Waals surface area contributed by atoms with Gasteiger partial charge in [-0.3, -0.25) is 0 Å². The quantitative estimate of drug-likeness (QED) is 0.788. The smallest absolute Gasteiger partial charge is 0.283 e. The Kier molecular flexibility index (Phi) is 4.90. The molecule has 1 saturated carbocycles. The Morgan fingerprint density at radius 3 is 2.69 bits per heavy atom. The average molecular weight is 432 g/mol. The lowest BCUT2D eigenvalue weighted by molar-refractivity contribution is -0.0445. The van der Waals surface area contributed by atoms with Gasteiger partial charge in [0, 0.05) is 12.5 Å². The van der Waals surface area contributed by atoms with Crippen molar-refractivity contribution in [3.05, 3.63) is 53.1 Å². The standard InChI is InChI=1S/C26H29N3O3/c1-16-12-25(7-6-23(16)31-3)13-19-5-4-18(11-22(19)26(25)15-32-24(28)29-26)20-8-17(14-27)9-21(10-20)30-2/h4-5,8-11,16,23H,6-7,12-13,15H2,1-3H3,(H2,28,29)/t16-,23-,25-,26-/m0/s1. The highest BCUT2D eigenvalue weighted by atomic mass is 16.5. The van der Waals surface area contributed by atoms with E-state index in [0.717, 1.165) is 36.8 Å². The Bertz CT molecular complexity index is 1140. The van der Waals surface area contributed by atoms with Crippen LogP contribution < -0.4 is 10.5 Å². The fraction of sp³-hybridized carbons (Fsp3) is 0.462. The van der Waals surface area contributed by atoms with Gasteiger partial charge in [0.25, 0.3) is 6.02 Å². The number of nitrogens with zero attached hydrogens (tertiary/aromatic N) is 2. The van der Waals surface area contributed by atoms with Crippen LogP contribution in [0.15, 0.2) is 41.4 Å². The van der Waals surface area contributed by atoms with Crippen molar-refractivity contribution in [2.75, 3.05) is 20.8 Å². The maximum Gasteiger partial charge on any atom is 0.283 e. The third kappa shape index (κ3) is 2.99. The number of aliphatic imine (C=N–C) groups is 1. The molecule has 4 atom stereocenters. The van der Waals surface area contributed by atoms with Crippen molar-refractivity contribution in [1.29, 1.82) is 5.26 Å². The molecule has 1 fully saturated rings. The summed E-state index contributed by atoms with van der Waals surface area (Å²) in [4.78, 5) is 4.98. The van der Waals surface area contributed by atoms with Gasteiger partial charge in [-0.15, -0.1) is 0 Å². The predicted molar refractivity (Wildman–Crippen MR) is 122 cm³/mol. The Labute approximate surface area is 189 Å². The molecule has 6 nitrogen and oxygen atoms in total. The van der Waals surface area contributed by atoms with Gasteiger partial charge >= 0.3 is 0 Å². The summed E-state index contributed by atoms with van der Waals surface area (Å²) in [5, 5.41) is 9.45. The molecule has 0 amide bonds. The molecule has 1 aliphatic heterocycles. The molecule has 2 spiro atoms. The maximum absolute atomic E-state index is 9.45. The third-order valence-electron chi connectivity index (χ3n) is 7.85. The number of benzene rings is 2. The first-order valence-corrected chi connectivity index (χ1v) is 11.2. The normalized spacial score (nSPS) is 30.6. The van der Waals surface area contributed by atoms with Crippen LogP contribution in [0.1, 0.15) is 42.9 Å². The van der Waals surface area contributed by atoms with E-state index in [1.807, 2.05) is 19.2 Å². The summed E-state index contributed by atoms with van der Waals surface area (Å²) in [6, 6.07) is 14.7. The number of nitrogens with two attached hydrogens (primary N) is 1. The summed E-state index contributed by atoms with van der Waals surface area (Å²) in [5.41, 5.74) is 10.7. The second kappa shape index (κ2) is 7.53. The highest BCUT2D eigenvalue weighted by Gasteiger charge is 2.62. The fourth-order valence-corrected chi connectivity index (χ4v) is 6.32. The second-order valence-electron chi connectivity index (χ2n) is 9.48. The molecule has 0 bridgehead atoms. The first-order chi connectivity index (χ1) is 15.4. The van der Waals surface area contributed by atoms with Crippen molar-refractivity contribution in [1.82, 2.24) is 0 Å². The van der Waals surface area contributed by atoms with Crippen LogP contribution in [0.4, 0.5) is 0 Å². The van der Waals surface area contributed by atoms with Crippen LogP contribution in [0.5, 0.6) is 5.75 Å². The highest BCUT2D eigenvalue weighted by molar-refractivity contribution is 5.76. The van der Waals surface area contributed by atoms with Gasteiger partial charge in [0.1, 0.15) is 17.9 Å². The zero-order chi connectivity index (χ0) is 22.5. The van der Waals surface area contributed by atoms with Crippen LogP contribution in [-0.4, -0.2) is 33.0 Å². The monoisotopic (exact) mass is 431 g/mol. The summed E-state index contributed by atoms with van der Waals surface area (Å²) in [7, 11) is 3.43. The van der Waals surface area contributed by atoms with E-state index in [9.17, 15) is 5.26 Å². The topological polar surface area (TPSA) is 89.9 Å². The summed E-state index contributed by atoms with van der Waals surface area (Å²) in [6.45, 7) is 2.75. The van der Waals surface area contributed by atoms with Gasteiger partial charge in [0.15, 0.2) is 0 Å². The minimum absolute atomic E-state index is 0.0320. The molecule has 5 rings (SSSR count). The molecule has 32 heavy (non-hydrogen) atoms. The van der Waals surface area contributed by atoms with Gasteiger partial charge in [-0.05, 0) is 78.1 Å². The molecule has 0 unspecified atom stereocenters.